The van der Waals surface area contributed by atoms with Gasteiger partial charge in [0.05, 0.1) is 0 Å². The molecular weight excluding hydrogens is 248 g/mol. The third-order valence-electron chi connectivity index (χ3n) is 4.59. The fraction of sp³-hybridized carbons (Fsp3) is 0.588. The Hall–Kier alpha value is -1.51. The lowest BCUT2D eigenvalue weighted by Crippen LogP contribution is -2.27. The molecule has 0 radical (unpaired) electrons. The average molecular weight is 274 g/mol. The van der Waals surface area contributed by atoms with Crippen LogP contribution in [0.15, 0.2) is 18.2 Å². The zero-order valence-electron chi connectivity index (χ0n) is 12.6. The number of rotatable bonds is 4. The maximum Gasteiger partial charge on any atom is 0.251 e. The summed E-state index contributed by atoms with van der Waals surface area (Å²) >= 11 is 0. The molecule has 3 N–H and O–H groups in total. The molecule has 0 aromatic heterocycles. The lowest BCUT2D eigenvalue weighted by Gasteiger charge is -2.26. The molecule has 1 aromatic rings. The summed E-state index contributed by atoms with van der Waals surface area (Å²) in [4.78, 5) is 12.1. The number of carbonyl (C=O) groups excluding carboxylic acids is 1. The highest BCUT2D eigenvalue weighted by atomic mass is 16.1. The molecule has 110 valence electrons. The van der Waals surface area contributed by atoms with Gasteiger partial charge in [0.2, 0.25) is 0 Å². The molecule has 20 heavy (non-hydrogen) atoms. The second-order valence-electron chi connectivity index (χ2n) is 6.19. The van der Waals surface area contributed by atoms with Crippen molar-refractivity contribution in [3.05, 3.63) is 29.3 Å². The smallest absolute Gasteiger partial charge is 0.251 e. The highest BCUT2D eigenvalue weighted by Gasteiger charge is 2.18. The first-order valence-corrected chi connectivity index (χ1v) is 7.71. The van der Waals surface area contributed by atoms with Crippen LogP contribution in [0.2, 0.25) is 0 Å². The fourth-order valence-electron chi connectivity index (χ4n) is 3.00. The summed E-state index contributed by atoms with van der Waals surface area (Å²) in [5.74, 6) is 1.67. The maximum absolute atomic E-state index is 12.1. The summed E-state index contributed by atoms with van der Waals surface area (Å²) in [6.07, 6.45) is 6.41. The number of hydrogen-bond donors (Lipinski definition) is 2. The number of hydrogen-bond acceptors (Lipinski definition) is 2. The normalized spacial score (nSPS) is 22.5. The molecule has 0 unspecified atom stereocenters. The number of benzene rings is 1. The van der Waals surface area contributed by atoms with Gasteiger partial charge in [-0.2, -0.15) is 0 Å². The van der Waals surface area contributed by atoms with Crippen LogP contribution in [0.4, 0.5) is 5.69 Å². The number of nitrogens with two attached hydrogens (primary N) is 1. The quantitative estimate of drug-likeness (QED) is 0.825. The van der Waals surface area contributed by atoms with Crippen LogP contribution in [0.1, 0.15) is 54.9 Å². The maximum atomic E-state index is 12.1. The summed E-state index contributed by atoms with van der Waals surface area (Å²) in [6.45, 7) is 5.00. The van der Waals surface area contributed by atoms with Gasteiger partial charge in [0.25, 0.3) is 5.91 Å². The number of amides is 1. The molecule has 0 aliphatic heterocycles. The molecule has 0 atom stereocenters. The van der Waals surface area contributed by atoms with E-state index in [1.807, 2.05) is 25.1 Å². The molecule has 1 aliphatic carbocycles. The van der Waals surface area contributed by atoms with Crippen LogP contribution in [-0.4, -0.2) is 12.5 Å². The standard InChI is InChI=1S/C17H26N2O/c1-12-6-8-14(9-7-12)10-11-19-17(20)15-4-3-5-16(18)13(15)2/h3-5,12,14H,6-11,18H2,1-2H3,(H,19,20). The second-order valence-corrected chi connectivity index (χ2v) is 6.19. The van der Waals surface area contributed by atoms with Crippen LogP contribution in [0, 0.1) is 18.8 Å². The molecule has 3 nitrogen and oxygen atoms in total. The molecule has 1 fully saturated rings. The molecule has 0 saturated heterocycles. The van der Waals surface area contributed by atoms with E-state index >= 15 is 0 Å². The SMILES string of the molecule is Cc1c(N)cccc1C(=O)NCCC1CCC(C)CC1. The van der Waals surface area contributed by atoms with Crippen molar-refractivity contribution in [2.75, 3.05) is 12.3 Å². The molecule has 1 aliphatic rings. The van der Waals surface area contributed by atoms with Crippen LogP contribution in [0.25, 0.3) is 0 Å². The van der Waals surface area contributed by atoms with E-state index in [0.717, 1.165) is 30.4 Å². The largest absolute Gasteiger partial charge is 0.398 e. The zero-order chi connectivity index (χ0) is 14.5. The second kappa shape index (κ2) is 6.78. The molecule has 0 spiro atoms. The first-order chi connectivity index (χ1) is 9.58. The van der Waals surface area contributed by atoms with Crippen molar-refractivity contribution in [3.63, 3.8) is 0 Å². The molecule has 1 amide bonds. The minimum atomic E-state index is -0.000947. The van der Waals surface area contributed by atoms with Gasteiger partial charge < -0.3 is 11.1 Å². The lowest BCUT2D eigenvalue weighted by molar-refractivity contribution is 0.0949. The molecule has 1 aromatic carbocycles. The Kier molecular flexibility index (Phi) is 5.05. The van der Waals surface area contributed by atoms with E-state index in [9.17, 15) is 4.79 Å². The summed E-state index contributed by atoms with van der Waals surface area (Å²) in [5.41, 5.74) is 8.08. The Bertz CT molecular complexity index is 462. The number of nitrogen functional groups attached to an aromatic ring is 1. The zero-order valence-corrected chi connectivity index (χ0v) is 12.6. The van der Waals surface area contributed by atoms with Crippen LogP contribution in [0.3, 0.4) is 0 Å². The van der Waals surface area contributed by atoms with E-state index in [0.29, 0.717) is 11.3 Å². The molecule has 0 bridgehead atoms. The Morgan fingerprint density at radius 3 is 2.70 bits per heavy atom. The van der Waals surface area contributed by atoms with Crippen molar-refractivity contribution in [3.8, 4) is 0 Å². The van der Waals surface area contributed by atoms with E-state index in [2.05, 4.69) is 12.2 Å². The Morgan fingerprint density at radius 1 is 1.30 bits per heavy atom. The number of nitrogens with one attached hydrogen (secondary N) is 1. The van der Waals surface area contributed by atoms with Crippen molar-refractivity contribution < 1.29 is 4.79 Å². The third-order valence-corrected chi connectivity index (χ3v) is 4.59. The van der Waals surface area contributed by atoms with Gasteiger partial charge >= 0.3 is 0 Å². The topological polar surface area (TPSA) is 55.1 Å². The van der Waals surface area contributed by atoms with Gasteiger partial charge in [0.1, 0.15) is 0 Å². The molecular formula is C17H26N2O. The summed E-state index contributed by atoms with van der Waals surface area (Å²) in [6, 6.07) is 5.50. The summed E-state index contributed by atoms with van der Waals surface area (Å²) in [7, 11) is 0. The van der Waals surface area contributed by atoms with Crippen molar-refractivity contribution in [2.45, 2.75) is 46.0 Å². The van der Waals surface area contributed by atoms with E-state index in [-0.39, 0.29) is 5.91 Å². The minimum absolute atomic E-state index is 0.000947. The van der Waals surface area contributed by atoms with E-state index in [4.69, 9.17) is 5.73 Å². The monoisotopic (exact) mass is 274 g/mol. The van der Waals surface area contributed by atoms with Crippen LogP contribution in [-0.2, 0) is 0 Å². The van der Waals surface area contributed by atoms with Crippen LogP contribution >= 0.6 is 0 Å². The van der Waals surface area contributed by atoms with Crippen molar-refractivity contribution in [2.24, 2.45) is 11.8 Å². The molecule has 2 rings (SSSR count). The Morgan fingerprint density at radius 2 is 2.00 bits per heavy atom. The van der Waals surface area contributed by atoms with Crippen molar-refractivity contribution >= 4 is 11.6 Å². The predicted molar refractivity (Wildman–Crippen MR) is 83.7 cm³/mol. The third kappa shape index (κ3) is 3.75. The number of carbonyl (C=O) groups is 1. The highest BCUT2D eigenvalue weighted by Crippen LogP contribution is 2.29. The average Bonchev–Trinajstić information content (AvgIpc) is 2.44. The van der Waals surface area contributed by atoms with Gasteiger partial charge in [0.15, 0.2) is 0 Å². The van der Waals surface area contributed by atoms with Gasteiger partial charge in [-0.1, -0.05) is 38.7 Å². The first-order valence-electron chi connectivity index (χ1n) is 7.71. The van der Waals surface area contributed by atoms with E-state index in [1.54, 1.807) is 0 Å². The van der Waals surface area contributed by atoms with Gasteiger partial charge in [-0.25, -0.2) is 0 Å². The van der Waals surface area contributed by atoms with Crippen molar-refractivity contribution in [1.82, 2.24) is 5.32 Å². The predicted octanol–water partition coefficient (Wildman–Crippen LogP) is 3.52. The van der Waals surface area contributed by atoms with Crippen LogP contribution in [0.5, 0.6) is 0 Å². The minimum Gasteiger partial charge on any atom is -0.398 e. The van der Waals surface area contributed by atoms with Gasteiger partial charge in [0, 0.05) is 17.8 Å². The van der Waals surface area contributed by atoms with Crippen molar-refractivity contribution in [1.29, 1.82) is 0 Å². The number of anilines is 1. The van der Waals surface area contributed by atoms with Gasteiger partial charge in [-0.3, -0.25) is 4.79 Å². The van der Waals surface area contributed by atoms with E-state index < -0.39 is 0 Å². The van der Waals surface area contributed by atoms with Gasteiger partial charge in [-0.15, -0.1) is 0 Å². The molecule has 1 saturated carbocycles. The first kappa shape index (κ1) is 14.9. The lowest BCUT2D eigenvalue weighted by atomic mass is 9.81. The highest BCUT2D eigenvalue weighted by molar-refractivity contribution is 5.96. The van der Waals surface area contributed by atoms with E-state index in [1.165, 1.54) is 25.7 Å². The summed E-state index contributed by atoms with van der Waals surface area (Å²) < 4.78 is 0. The summed E-state index contributed by atoms with van der Waals surface area (Å²) in [5, 5.41) is 3.03. The molecule has 3 heteroatoms. The Labute approximate surface area is 121 Å². The molecule has 0 heterocycles. The Balaban J connectivity index is 1.79. The fourth-order valence-corrected chi connectivity index (χ4v) is 3.00. The van der Waals surface area contributed by atoms with Crippen LogP contribution < -0.4 is 11.1 Å². The van der Waals surface area contributed by atoms with Gasteiger partial charge in [-0.05, 0) is 42.9 Å².